The molecule has 3 rings (SSSR count). The number of rotatable bonds is 15. The van der Waals surface area contributed by atoms with Crippen LogP contribution >= 0.6 is 0 Å². The third kappa shape index (κ3) is 4.99. The van der Waals surface area contributed by atoms with Crippen LogP contribution in [0.5, 0.6) is 0 Å². The van der Waals surface area contributed by atoms with Crippen LogP contribution in [0.3, 0.4) is 0 Å². The Bertz CT molecular complexity index is 878. The summed E-state index contributed by atoms with van der Waals surface area (Å²) in [5.74, 6) is -1.85. The smallest absolute Gasteiger partial charge is 0.248 e. The molecule has 3 fully saturated rings. The molecule has 0 aliphatic carbocycles. The largest absolute Gasteiger partial charge is 0.396 e. The number of fused-ring (bicyclic) bond motifs is 1. The van der Waals surface area contributed by atoms with Crippen LogP contribution in [0.4, 0.5) is 0 Å². The molecule has 37 heavy (non-hydrogen) atoms. The summed E-state index contributed by atoms with van der Waals surface area (Å²) in [6.45, 7) is 17.9. The molecule has 3 aliphatic heterocycles. The van der Waals surface area contributed by atoms with Crippen molar-refractivity contribution in [1.29, 1.82) is 0 Å². The summed E-state index contributed by atoms with van der Waals surface area (Å²) in [6, 6.07) is -0.820. The van der Waals surface area contributed by atoms with Gasteiger partial charge < -0.3 is 24.5 Å². The van der Waals surface area contributed by atoms with Gasteiger partial charge in [0, 0.05) is 39.3 Å². The van der Waals surface area contributed by atoms with Gasteiger partial charge in [-0.05, 0) is 38.5 Å². The van der Waals surface area contributed by atoms with E-state index < -0.39 is 29.1 Å². The van der Waals surface area contributed by atoms with Crippen LogP contribution in [0.15, 0.2) is 25.3 Å². The van der Waals surface area contributed by atoms with Gasteiger partial charge in [0.1, 0.15) is 11.6 Å². The molecule has 3 saturated heterocycles. The number of unbranched alkanes of at least 4 members (excludes halogenated alkanes) is 2. The van der Waals surface area contributed by atoms with E-state index in [-0.39, 0.29) is 36.8 Å². The van der Waals surface area contributed by atoms with Crippen LogP contribution in [0.25, 0.3) is 0 Å². The van der Waals surface area contributed by atoms with Gasteiger partial charge in [-0.2, -0.15) is 0 Å². The Morgan fingerprint density at radius 2 is 1.73 bits per heavy atom. The third-order valence-corrected chi connectivity index (χ3v) is 8.72. The molecule has 0 aromatic carbocycles. The monoisotopic (exact) mass is 517 g/mol. The van der Waals surface area contributed by atoms with Crippen LogP contribution in [0, 0.1) is 17.8 Å². The van der Waals surface area contributed by atoms with Crippen molar-refractivity contribution in [3.8, 4) is 0 Å². The maximum absolute atomic E-state index is 14.2. The maximum Gasteiger partial charge on any atom is 0.248 e. The van der Waals surface area contributed by atoms with Gasteiger partial charge in [-0.1, -0.05) is 45.8 Å². The first-order valence-corrected chi connectivity index (χ1v) is 14.1. The highest BCUT2D eigenvalue weighted by atomic mass is 16.5. The fourth-order valence-corrected chi connectivity index (χ4v) is 6.96. The van der Waals surface area contributed by atoms with Gasteiger partial charge in [-0.25, -0.2) is 0 Å². The molecule has 2 bridgehead atoms. The van der Waals surface area contributed by atoms with Crippen molar-refractivity contribution >= 4 is 17.7 Å². The van der Waals surface area contributed by atoms with E-state index >= 15 is 0 Å². The van der Waals surface area contributed by atoms with E-state index in [2.05, 4.69) is 27.0 Å². The molecule has 208 valence electrons. The van der Waals surface area contributed by atoms with Gasteiger partial charge in [0.2, 0.25) is 17.7 Å². The van der Waals surface area contributed by atoms with Gasteiger partial charge in [0.25, 0.3) is 0 Å². The lowest BCUT2D eigenvalue weighted by Gasteiger charge is -2.39. The van der Waals surface area contributed by atoms with Crippen LogP contribution in [-0.4, -0.2) is 94.1 Å². The van der Waals surface area contributed by atoms with Crippen molar-refractivity contribution in [2.45, 2.75) is 83.5 Å². The zero-order valence-corrected chi connectivity index (χ0v) is 23.3. The van der Waals surface area contributed by atoms with Gasteiger partial charge in [0.05, 0.1) is 17.4 Å². The van der Waals surface area contributed by atoms with Crippen molar-refractivity contribution < 1.29 is 24.2 Å². The molecule has 1 N–H and O–H groups in total. The Morgan fingerprint density at radius 1 is 1.08 bits per heavy atom. The molecule has 3 aliphatic rings. The molecule has 3 heterocycles. The van der Waals surface area contributed by atoms with E-state index in [1.165, 1.54) is 0 Å². The Balaban J connectivity index is 2.07. The molecule has 6 atom stereocenters. The lowest BCUT2D eigenvalue weighted by Crippen LogP contribution is -2.57. The van der Waals surface area contributed by atoms with E-state index in [9.17, 15) is 19.5 Å². The SMILES string of the molecule is C=CCN(CCCCC)C(=O)C1N(CCCO)C(=O)[C@@H]2[C@@H](C(=O)N(CC=C)CCC)[C@]3(C)OC12CC3C. The summed E-state index contributed by atoms with van der Waals surface area (Å²) in [5.41, 5.74) is -1.90. The molecule has 3 amide bonds. The molecular weight excluding hydrogens is 470 g/mol. The van der Waals surface area contributed by atoms with Crippen molar-refractivity contribution in [3.63, 3.8) is 0 Å². The van der Waals surface area contributed by atoms with Crippen molar-refractivity contribution in [2.75, 3.05) is 39.3 Å². The quantitative estimate of drug-likeness (QED) is 0.266. The second-order valence-corrected chi connectivity index (χ2v) is 11.2. The second kappa shape index (κ2) is 12.1. The summed E-state index contributed by atoms with van der Waals surface area (Å²) in [4.78, 5) is 47.5. The number of aliphatic hydroxyl groups is 1. The number of aliphatic hydroxyl groups excluding tert-OH is 1. The zero-order chi connectivity index (χ0) is 27.4. The van der Waals surface area contributed by atoms with Gasteiger partial charge in [-0.3, -0.25) is 14.4 Å². The molecule has 0 aromatic rings. The lowest BCUT2D eigenvalue weighted by atomic mass is 9.62. The Kier molecular flexibility index (Phi) is 9.62. The van der Waals surface area contributed by atoms with E-state index in [4.69, 9.17) is 4.74 Å². The number of carbonyl (C=O) groups excluding carboxylic acids is 3. The Labute approximate surface area is 222 Å². The summed E-state index contributed by atoms with van der Waals surface area (Å²) >= 11 is 0. The van der Waals surface area contributed by atoms with E-state index in [1.807, 2.05) is 13.8 Å². The van der Waals surface area contributed by atoms with Gasteiger partial charge in [0.15, 0.2) is 0 Å². The number of hydrogen-bond donors (Lipinski definition) is 1. The summed E-state index contributed by atoms with van der Waals surface area (Å²) in [5, 5.41) is 9.57. The first kappa shape index (κ1) is 29.4. The Morgan fingerprint density at radius 3 is 2.30 bits per heavy atom. The topological polar surface area (TPSA) is 90.4 Å². The van der Waals surface area contributed by atoms with Crippen LogP contribution in [0.1, 0.15) is 66.2 Å². The third-order valence-electron chi connectivity index (χ3n) is 8.72. The standard InChI is InChI=1S/C29H47N3O5/c1-7-11-12-17-31(16-10-4)27(36)24-29-20-21(5)28(6,37-29)22(25(34)30(14-8-2)15-9-3)23(29)26(35)32(24)18-13-19-33/h8,10,21-24,33H,2,4,7,9,11-20H2,1,3,5-6H3/t21?,22-,23-,24?,28+,29?/m0/s1. The molecule has 0 saturated carbocycles. The minimum atomic E-state index is -1.06. The number of amides is 3. The molecule has 3 unspecified atom stereocenters. The summed E-state index contributed by atoms with van der Waals surface area (Å²) in [7, 11) is 0. The normalized spacial score (nSPS) is 31.9. The lowest BCUT2D eigenvalue weighted by molar-refractivity contribution is -0.154. The fraction of sp³-hybridized carbons (Fsp3) is 0.759. The number of ether oxygens (including phenoxy) is 1. The minimum Gasteiger partial charge on any atom is -0.396 e. The second-order valence-electron chi connectivity index (χ2n) is 11.2. The van der Waals surface area contributed by atoms with Crippen molar-refractivity contribution in [1.82, 2.24) is 14.7 Å². The van der Waals surface area contributed by atoms with Crippen molar-refractivity contribution in [3.05, 3.63) is 25.3 Å². The molecule has 0 aromatic heterocycles. The average Bonchev–Trinajstić information content (AvgIpc) is 3.38. The molecule has 1 spiro atoms. The highest BCUT2D eigenvalue weighted by Crippen LogP contribution is 2.65. The van der Waals surface area contributed by atoms with E-state index in [1.54, 1.807) is 26.9 Å². The molecular formula is C29H47N3O5. The van der Waals surface area contributed by atoms with Gasteiger partial charge >= 0.3 is 0 Å². The minimum absolute atomic E-state index is 0.00116. The molecule has 8 nitrogen and oxygen atoms in total. The zero-order valence-electron chi connectivity index (χ0n) is 23.3. The number of carbonyl (C=O) groups is 3. The maximum atomic E-state index is 14.2. The predicted molar refractivity (Wildman–Crippen MR) is 144 cm³/mol. The van der Waals surface area contributed by atoms with Crippen molar-refractivity contribution in [2.24, 2.45) is 17.8 Å². The molecule has 8 heteroatoms. The highest BCUT2D eigenvalue weighted by molar-refractivity contribution is 5.99. The molecule has 0 radical (unpaired) electrons. The van der Waals surface area contributed by atoms with E-state index in [0.29, 0.717) is 39.0 Å². The summed E-state index contributed by atoms with van der Waals surface area (Å²) < 4.78 is 6.82. The number of hydrogen-bond acceptors (Lipinski definition) is 5. The first-order chi connectivity index (χ1) is 17.7. The summed E-state index contributed by atoms with van der Waals surface area (Å²) in [6.07, 6.45) is 8.04. The Hall–Kier alpha value is -2.19. The van der Waals surface area contributed by atoms with Crippen LogP contribution in [0.2, 0.25) is 0 Å². The van der Waals surface area contributed by atoms with Crippen LogP contribution < -0.4 is 0 Å². The van der Waals surface area contributed by atoms with Crippen LogP contribution in [-0.2, 0) is 19.1 Å². The fourth-order valence-electron chi connectivity index (χ4n) is 6.96. The average molecular weight is 518 g/mol. The predicted octanol–water partition coefficient (Wildman–Crippen LogP) is 3.01. The highest BCUT2D eigenvalue weighted by Gasteiger charge is 2.80. The van der Waals surface area contributed by atoms with Gasteiger partial charge in [-0.15, -0.1) is 13.2 Å². The number of likely N-dealkylation sites (tertiary alicyclic amines) is 1. The van der Waals surface area contributed by atoms with E-state index in [0.717, 1.165) is 25.7 Å². The first-order valence-electron chi connectivity index (χ1n) is 14.1. The number of nitrogens with zero attached hydrogens (tertiary/aromatic N) is 3.